The van der Waals surface area contributed by atoms with Gasteiger partial charge in [0.05, 0.1) is 5.69 Å². The van der Waals surface area contributed by atoms with Gasteiger partial charge in [-0.25, -0.2) is 9.97 Å². The van der Waals surface area contributed by atoms with E-state index in [2.05, 4.69) is 47.5 Å². The van der Waals surface area contributed by atoms with Crippen molar-refractivity contribution in [3.05, 3.63) is 28.2 Å². The van der Waals surface area contributed by atoms with Crippen LogP contribution in [0.3, 0.4) is 0 Å². The Balaban J connectivity index is 2.49. The average molecular weight is 247 g/mol. The van der Waals surface area contributed by atoms with Crippen LogP contribution >= 0.6 is 11.3 Å². The van der Waals surface area contributed by atoms with Crippen molar-refractivity contribution in [2.45, 2.75) is 26.7 Å². The Morgan fingerprint density at radius 1 is 1.24 bits per heavy atom. The highest BCUT2D eigenvalue weighted by atomic mass is 32.1. The van der Waals surface area contributed by atoms with Gasteiger partial charge in [0.1, 0.15) is 11.6 Å². The number of hydrogen-bond acceptors (Lipinski definition) is 4. The summed E-state index contributed by atoms with van der Waals surface area (Å²) < 4.78 is 0. The van der Waals surface area contributed by atoms with Crippen molar-refractivity contribution < 1.29 is 0 Å². The molecule has 0 aliphatic rings. The molecule has 3 nitrogen and oxygen atoms in total. The lowest BCUT2D eigenvalue weighted by molar-refractivity contribution is 0.778. The van der Waals surface area contributed by atoms with Crippen LogP contribution < -0.4 is 5.32 Å². The highest BCUT2D eigenvalue weighted by Gasteiger charge is 2.09. The molecule has 2 heterocycles. The number of nitrogens with one attached hydrogen (secondary N) is 1. The van der Waals surface area contributed by atoms with E-state index in [-0.39, 0.29) is 0 Å². The minimum absolute atomic E-state index is 0.335. The zero-order chi connectivity index (χ0) is 12.4. The molecule has 90 valence electrons. The van der Waals surface area contributed by atoms with E-state index in [0.717, 1.165) is 17.3 Å². The van der Waals surface area contributed by atoms with Crippen LogP contribution in [0.15, 0.2) is 17.5 Å². The van der Waals surface area contributed by atoms with Crippen LogP contribution in [-0.2, 0) is 0 Å². The largest absolute Gasteiger partial charge is 0.373 e. The van der Waals surface area contributed by atoms with E-state index in [1.54, 1.807) is 11.3 Å². The van der Waals surface area contributed by atoms with Gasteiger partial charge >= 0.3 is 0 Å². The van der Waals surface area contributed by atoms with Gasteiger partial charge in [0.2, 0.25) is 0 Å². The Hall–Kier alpha value is -1.42. The summed E-state index contributed by atoms with van der Waals surface area (Å²) in [5.41, 5.74) is 2.17. The third-order valence-electron chi connectivity index (χ3n) is 2.54. The molecule has 0 amide bonds. The highest BCUT2D eigenvalue weighted by molar-refractivity contribution is 7.10. The zero-order valence-electron chi connectivity index (χ0n) is 10.6. The molecule has 0 spiro atoms. The lowest BCUT2D eigenvalue weighted by Crippen LogP contribution is -2.02. The highest BCUT2D eigenvalue weighted by Crippen LogP contribution is 2.26. The predicted octanol–water partition coefficient (Wildman–Crippen LogP) is 3.68. The first-order valence-electron chi connectivity index (χ1n) is 5.72. The summed E-state index contributed by atoms with van der Waals surface area (Å²) >= 11 is 1.75. The Labute approximate surface area is 106 Å². The minimum Gasteiger partial charge on any atom is -0.373 e. The van der Waals surface area contributed by atoms with E-state index in [1.807, 2.05) is 13.1 Å². The maximum atomic E-state index is 4.62. The van der Waals surface area contributed by atoms with E-state index >= 15 is 0 Å². The fourth-order valence-corrected chi connectivity index (χ4v) is 2.27. The first-order valence-corrected chi connectivity index (χ1v) is 6.60. The molecular formula is C13H17N3S. The molecule has 17 heavy (non-hydrogen) atoms. The van der Waals surface area contributed by atoms with Crippen molar-refractivity contribution >= 4 is 17.2 Å². The van der Waals surface area contributed by atoms with Crippen LogP contribution in [0.5, 0.6) is 0 Å². The standard InChI is InChI=1S/C13H17N3S/c1-8(2)13-15-11(6-12(14-4)16-13)10-5-9(3)17-7-10/h5-8H,1-4H3,(H,14,15,16). The molecule has 0 fully saturated rings. The summed E-state index contributed by atoms with van der Waals surface area (Å²) in [5.74, 6) is 2.10. The molecule has 1 N–H and O–H groups in total. The topological polar surface area (TPSA) is 37.8 Å². The number of thiophene rings is 1. The Bertz CT molecular complexity index is 517. The second kappa shape index (κ2) is 4.84. The first-order chi connectivity index (χ1) is 8.10. The minimum atomic E-state index is 0.335. The van der Waals surface area contributed by atoms with Crippen molar-refractivity contribution in [2.75, 3.05) is 12.4 Å². The summed E-state index contributed by atoms with van der Waals surface area (Å²) in [6, 6.07) is 4.16. The molecule has 0 aromatic carbocycles. The maximum absolute atomic E-state index is 4.62. The Morgan fingerprint density at radius 3 is 2.53 bits per heavy atom. The SMILES string of the molecule is CNc1cc(-c2csc(C)c2)nc(C(C)C)n1. The quantitative estimate of drug-likeness (QED) is 0.899. The molecule has 2 aromatic heterocycles. The van der Waals surface area contributed by atoms with Gasteiger partial charge in [-0.3, -0.25) is 0 Å². The third-order valence-corrected chi connectivity index (χ3v) is 3.40. The molecule has 0 aliphatic carbocycles. The van der Waals surface area contributed by atoms with E-state index in [9.17, 15) is 0 Å². The van der Waals surface area contributed by atoms with Gasteiger partial charge in [-0.05, 0) is 13.0 Å². The summed E-state index contributed by atoms with van der Waals surface area (Å²) in [4.78, 5) is 10.4. The molecule has 0 radical (unpaired) electrons. The molecule has 0 aliphatic heterocycles. The molecule has 0 unspecified atom stereocenters. The first kappa shape index (κ1) is 12.0. The number of rotatable bonds is 3. The Kier molecular flexibility index (Phi) is 3.43. The summed E-state index contributed by atoms with van der Waals surface area (Å²) in [7, 11) is 1.88. The second-order valence-electron chi connectivity index (χ2n) is 4.35. The Morgan fingerprint density at radius 2 is 2.00 bits per heavy atom. The normalized spacial score (nSPS) is 10.9. The number of aryl methyl sites for hydroxylation is 1. The molecule has 0 saturated carbocycles. The number of hydrogen-bond donors (Lipinski definition) is 1. The molecule has 0 atom stereocenters. The van der Waals surface area contributed by atoms with E-state index in [4.69, 9.17) is 0 Å². The summed E-state index contributed by atoms with van der Waals surface area (Å²) in [5, 5.41) is 5.23. The van der Waals surface area contributed by atoms with Crippen LogP contribution in [0.2, 0.25) is 0 Å². The average Bonchev–Trinajstić information content (AvgIpc) is 2.75. The van der Waals surface area contributed by atoms with Gasteiger partial charge in [-0.1, -0.05) is 13.8 Å². The third kappa shape index (κ3) is 2.64. The molecule has 0 saturated heterocycles. The number of anilines is 1. The lowest BCUT2D eigenvalue weighted by atomic mass is 10.1. The van der Waals surface area contributed by atoms with Crippen LogP contribution in [-0.4, -0.2) is 17.0 Å². The molecular weight excluding hydrogens is 230 g/mol. The maximum Gasteiger partial charge on any atom is 0.133 e. The van der Waals surface area contributed by atoms with Crippen molar-refractivity contribution in [1.29, 1.82) is 0 Å². The van der Waals surface area contributed by atoms with Crippen LogP contribution in [0.4, 0.5) is 5.82 Å². The summed E-state index contributed by atoms with van der Waals surface area (Å²) in [6.07, 6.45) is 0. The van der Waals surface area contributed by atoms with Gasteiger partial charge in [0.15, 0.2) is 0 Å². The van der Waals surface area contributed by atoms with Gasteiger partial charge < -0.3 is 5.32 Å². The van der Waals surface area contributed by atoms with E-state index in [1.165, 1.54) is 10.4 Å². The van der Waals surface area contributed by atoms with Crippen molar-refractivity contribution in [3.8, 4) is 11.3 Å². The molecule has 2 rings (SSSR count). The van der Waals surface area contributed by atoms with E-state index < -0.39 is 0 Å². The number of nitrogens with zero attached hydrogens (tertiary/aromatic N) is 2. The molecule has 0 bridgehead atoms. The summed E-state index contributed by atoms with van der Waals surface area (Å²) in [6.45, 7) is 6.33. The van der Waals surface area contributed by atoms with Gasteiger partial charge in [-0.2, -0.15) is 0 Å². The number of aromatic nitrogens is 2. The van der Waals surface area contributed by atoms with Crippen molar-refractivity contribution in [1.82, 2.24) is 9.97 Å². The fraction of sp³-hybridized carbons (Fsp3) is 0.385. The fourth-order valence-electron chi connectivity index (χ4n) is 1.58. The van der Waals surface area contributed by atoms with Crippen LogP contribution in [0.1, 0.15) is 30.5 Å². The smallest absolute Gasteiger partial charge is 0.133 e. The van der Waals surface area contributed by atoms with Gasteiger partial charge in [-0.15, -0.1) is 11.3 Å². The van der Waals surface area contributed by atoms with Crippen LogP contribution in [0.25, 0.3) is 11.3 Å². The molecule has 2 aromatic rings. The van der Waals surface area contributed by atoms with Crippen molar-refractivity contribution in [3.63, 3.8) is 0 Å². The monoisotopic (exact) mass is 247 g/mol. The lowest BCUT2D eigenvalue weighted by Gasteiger charge is -2.09. The predicted molar refractivity (Wildman–Crippen MR) is 73.7 cm³/mol. The van der Waals surface area contributed by atoms with Gasteiger partial charge in [0.25, 0.3) is 0 Å². The van der Waals surface area contributed by atoms with Gasteiger partial charge in [0, 0.05) is 34.9 Å². The van der Waals surface area contributed by atoms with Crippen molar-refractivity contribution in [2.24, 2.45) is 0 Å². The molecule has 4 heteroatoms. The zero-order valence-corrected chi connectivity index (χ0v) is 11.4. The van der Waals surface area contributed by atoms with Crippen LogP contribution in [0, 0.1) is 6.92 Å². The second-order valence-corrected chi connectivity index (χ2v) is 5.46. The van der Waals surface area contributed by atoms with E-state index in [0.29, 0.717) is 5.92 Å².